The maximum absolute atomic E-state index is 11.9. The van der Waals surface area contributed by atoms with Gasteiger partial charge in [0.25, 0.3) is 0 Å². The minimum Gasteiger partial charge on any atom is -0.378 e. The lowest BCUT2D eigenvalue weighted by Crippen LogP contribution is -2.68. The molecule has 0 atom stereocenters. The standard InChI is InChI=1S/C11H24N2O3S/c1-4-5-11(12)8-13(9-11)17(14,15)7-6-16-10(2)3/h10H,4-9,12H2,1-3H3. The highest BCUT2D eigenvalue weighted by molar-refractivity contribution is 7.89. The number of nitrogens with zero attached hydrogens (tertiary/aromatic N) is 1. The van der Waals surface area contributed by atoms with Crippen molar-refractivity contribution in [3.8, 4) is 0 Å². The lowest BCUT2D eigenvalue weighted by Gasteiger charge is -2.46. The van der Waals surface area contributed by atoms with Gasteiger partial charge in [0.05, 0.1) is 18.5 Å². The number of ether oxygens (including phenoxy) is 1. The Bertz CT molecular complexity index is 335. The first kappa shape index (κ1) is 14.9. The van der Waals surface area contributed by atoms with Crippen LogP contribution in [0.2, 0.25) is 0 Å². The minimum absolute atomic E-state index is 0.0490. The number of sulfonamides is 1. The summed E-state index contributed by atoms with van der Waals surface area (Å²) in [4.78, 5) is 0. The van der Waals surface area contributed by atoms with Crippen LogP contribution in [-0.2, 0) is 14.8 Å². The lowest BCUT2D eigenvalue weighted by atomic mass is 9.89. The molecule has 1 fully saturated rings. The summed E-state index contributed by atoms with van der Waals surface area (Å²) in [5, 5.41) is 0. The second kappa shape index (κ2) is 5.65. The summed E-state index contributed by atoms with van der Waals surface area (Å²) in [7, 11) is -3.18. The molecule has 0 spiro atoms. The van der Waals surface area contributed by atoms with E-state index in [1.807, 2.05) is 13.8 Å². The van der Waals surface area contributed by atoms with Gasteiger partial charge in [-0.1, -0.05) is 13.3 Å². The van der Waals surface area contributed by atoms with Gasteiger partial charge in [-0.15, -0.1) is 0 Å². The number of rotatable bonds is 7. The van der Waals surface area contributed by atoms with E-state index in [0.717, 1.165) is 12.8 Å². The predicted octanol–water partition coefficient (Wildman–Crippen LogP) is 0.554. The maximum Gasteiger partial charge on any atom is 0.216 e. The lowest BCUT2D eigenvalue weighted by molar-refractivity contribution is 0.0887. The number of hydrogen-bond acceptors (Lipinski definition) is 4. The largest absolute Gasteiger partial charge is 0.378 e. The Morgan fingerprint density at radius 3 is 2.47 bits per heavy atom. The van der Waals surface area contributed by atoms with Gasteiger partial charge in [0, 0.05) is 18.6 Å². The van der Waals surface area contributed by atoms with Gasteiger partial charge in [-0.3, -0.25) is 0 Å². The Labute approximate surface area is 104 Å². The third kappa shape index (κ3) is 4.21. The third-order valence-corrected chi connectivity index (χ3v) is 4.64. The molecule has 0 aliphatic carbocycles. The van der Waals surface area contributed by atoms with E-state index in [4.69, 9.17) is 10.5 Å². The molecule has 0 aromatic rings. The normalized spacial score (nSPS) is 20.5. The quantitative estimate of drug-likeness (QED) is 0.729. The zero-order chi connectivity index (χ0) is 13.1. The van der Waals surface area contributed by atoms with Crippen LogP contribution in [0.4, 0.5) is 0 Å². The van der Waals surface area contributed by atoms with Crippen molar-refractivity contribution in [2.24, 2.45) is 5.73 Å². The Morgan fingerprint density at radius 1 is 1.41 bits per heavy atom. The summed E-state index contributed by atoms with van der Waals surface area (Å²) < 4.78 is 30.5. The Balaban J connectivity index is 2.36. The van der Waals surface area contributed by atoms with E-state index in [1.165, 1.54) is 4.31 Å². The smallest absolute Gasteiger partial charge is 0.216 e. The van der Waals surface area contributed by atoms with Gasteiger partial charge in [0.1, 0.15) is 0 Å². The summed E-state index contributed by atoms with van der Waals surface area (Å²) in [6.45, 7) is 6.99. The molecule has 1 aliphatic rings. The first-order chi connectivity index (χ1) is 7.79. The van der Waals surface area contributed by atoms with E-state index in [-0.39, 0.29) is 24.0 Å². The molecule has 0 aromatic carbocycles. The highest BCUT2D eigenvalue weighted by Crippen LogP contribution is 2.26. The van der Waals surface area contributed by atoms with Crippen molar-refractivity contribution in [3.63, 3.8) is 0 Å². The summed E-state index contributed by atoms with van der Waals surface area (Å²) in [5.74, 6) is 0.0490. The van der Waals surface area contributed by atoms with Gasteiger partial charge < -0.3 is 10.5 Å². The molecule has 1 aliphatic heterocycles. The van der Waals surface area contributed by atoms with E-state index in [1.54, 1.807) is 0 Å². The molecule has 0 unspecified atom stereocenters. The first-order valence-corrected chi connectivity index (χ1v) is 7.78. The maximum atomic E-state index is 11.9. The van der Waals surface area contributed by atoms with Crippen molar-refractivity contribution in [1.29, 1.82) is 0 Å². The average molecular weight is 264 g/mol. The second-order valence-electron chi connectivity index (χ2n) is 5.12. The van der Waals surface area contributed by atoms with Crippen molar-refractivity contribution in [1.82, 2.24) is 4.31 Å². The molecule has 1 saturated heterocycles. The molecule has 0 radical (unpaired) electrons. The molecule has 102 valence electrons. The molecule has 1 rings (SSSR count). The van der Waals surface area contributed by atoms with Gasteiger partial charge in [-0.2, -0.15) is 4.31 Å². The predicted molar refractivity (Wildman–Crippen MR) is 68.3 cm³/mol. The fraction of sp³-hybridized carbons (Fsp3) is 1.00. The van der Waals surface area contributed by atoms with Gasteiger partial charge >= 0.3 is 0 Å². The van der Waals surface area contributed by atoms with Gasteiger partial charge in [0.15, 0.2) is 0 Å². The van der Waals surface area contributed by atoms with E-state index < -0.39 is 10.0 Å². The van der Waals surface area contributed by atoms with Gasteiger partial charge in [-0.05, 0) is 20.3 Å². The van der Waals surface area contributed by atoms with Crippen molar-refractivity contribution in [3.05, 3.63) is 0 Å². The molecule has 0 aromatic heterocycles. The second-order valence-corrected chi connectivity index (χ2v) is 7.20. The minimum atomic E-state index is -3.18. The molecule has 0 saturated carbocycles. The van der Waals surface area contributed by atoms with Crippen LogP contribution in [0.5, 0.6) is 0 Å². The molecule has 5 nitrogen and oxygen atoms in total. The first-order valence-electron chi connectivity index (χ1n) is 6.17. The molecule has 6 heteroatoms. The van der Waals surface area contributed by atoms with Gasteiger partial charge in [0.2, 0.25) is 10.0 Å². The monoisotopic (exact) mass is 264 g/mol. The topological polar surface area (TPSA) is 72.6 Å². The molecule has 2 N–H and O–H groups in total. The fourth-order valence-electron chi connectivity index (χ4n) is 2.03. The fourth-order valence-corrected chi connectivity index (χ4v) is 3.50. The Morgan fingerprint density at radius 2 is 2.00 bits per heavy atom. The van der Waals surface area contributed by atoms with Crippen LogP contribution >= 0.6 is 0 Å². The van der Waals surface area contributed by atoms with Crippen molar-refractivity contribution in [2.75, 3.05) is 25.4 Å². The zero-order valence-electron chi connectivity index (χ0n) is 11.0. The zero-order valence-corrected chi connectivity index (χ0v) is 11.8. The van der Waals surface area contributed by atoms with Gasteiger partial charge in [-0.25, -0.2) is 8.42 Å². The van der Waals surface area contributed by atoms with Crippen LogP contribution in [0.3, 0.4) is 0 Å². The Kier molecular flexibility index (Phi) is 4.95. The van der Waals surface area contributed by atoms with Crippen LogP contribution in [0.1, 0.15) is 33.6 Å². The Hall–Kier alpha value is -0.170. The SMILES string of the molecule is CCCC1(N)CN(S(=O)(=O)CCOC(C)C)C1. The van der Waals surface area contributed by atoms with E-state index in [9.17, 15) is 8.42 Å². The van der Waals surface area contributed by atoms with E-state index in [0.29, 0.717) is 13.1 Å². The summed E-state index contributed by atoms with van der Waals surface area (Å²) in [6.07, 6.45) is 1.93. The summed E-state index contributed by atoms with van der Waals surface area (Å²) >= 11 is 0. The van der Waals surface area contributed by atoms with Crippen molar-refractivity contribution in [2.45, 2.75) is 45.3 Å². The van der Waals surface area contributed by atoms with Crippen molar-refractivity contribution >= 4 is 10.0 Å². The van der Waals surface area contributed by atoms with Crippen LogP contribution in [0.15, 0.2) is 0 Å². The van der Waals surface area contributed by atoms with Crippen LogP contribution in [0, 0.1) is 0 Å². The number of hydrogen-bond donors (Lipinski definition) is 1. The highest BCUT2D eigenvalue weighted by Gasteiger charge is 2.44. The molecular formula is C11H24N2O3S. The average Bonchev–Trinajstić information content (AvgIpc) is 2.13. The molecule has 17 heavy (non-hydrogen) atoms. The van der Waals surface area contributed by atoms with Crippen LogP contribution in [0.25, 0.3) is 0 Å². The molecular weight excluding hydrogens is 240 g/mol. The molecule has 0 bridgehead atoms. The summed E-state index contributed by atoms with van der Waals surface area (Å²) in [6, 6.07) is 0. The number of nitrogens with two attached hydrogens (primary N) is 1. The van der Waals surface area contributed by atoms with Crippen LogP contribution < -0.4 is 5.73 Å². The third-order valence-electron chi connectivity index (χ3n) is 2.92. The molecule has 0 amide bonds. The molecule has 1 heterocycles. The van der Waals surface area contributed by atoms with E-state index in [2.05, 4.69) is 6.92 Å². The van der Waals surface area contributed by atoms with Crippen LogP contribution in [-0.4, -0.2) is 49.8 Å². The van der Waals surface area contributed by atoms with Crippen molar-refractivity contribution < 1.29 is 13.2 Å². The van der Waals surface area contributed by atoms with E-state index >= 15 is 0 Å². The highest BCUT2D eigenvalue weighted by atomic mass is 32.2. The summed E-state index contributed by atoms with van der Waals surface area (Å²) in [5.41, 5.74) is 5.74.